The van der Waals surface area contributed by atoms with Gasteiger partial charge in [-0.25, -0.2) is 0 Å². The van der Waals surface area contributed by atoms with Crippen LogP contribution < -0.4 is 20.1 Å². The fourth-order valence-electron chi connectivity index (χ4n) is 2.41. The van der Waals surface area contributed by atoms with Crippen molar-refractivity contribution in [3.05, 3.63) is 66.4 Å². The summed E-state index contributed by atoms with van der Waals surface area (Å²) in [6.45, 7) is 2.40. The molecule has 27 heavy (non-hydrogen) atoms. The van der Waals surface area contributed by atoms with Crippen LogP contribution in [0.2, 0.25) is 0 Å². The molecule has 0 spiro atoms. The van der Waals surface area contributed by atoms with Gasteiger partial charge in [0, 0.05) is 11.8 Å². The summed E-state index contributed by atoms with van der Waals surface area (Å²) in [5.74, 6) is 1.51. The first-order valence-electron chi connectivity index (χ1n) is 8.47. The largest absolute Gasteiger partial charge is 0.497 e. The van der Waals surface area contributed by atoms with Gasteiger partial charge < -0.3 is 20.1 Å². The summed E-state index contributed by atoms with van der Waals surface area (Å²) in [4.78, 5) is 12.4. The second-order valence-electron chi connectivity index (χ2n) is 5.54. The monoisotopic (exact) mass is 364 g/mol. The lowest BCUT2D eigenvalue weighted by atomic mass is 10.2. The zero-order valence-electron chi connectivity index (χ0n) is 15.1. The second-order valence-corrected chi connectivity index (χ2v) is 5.54. The van der Waals surface area contributed by atoms with Crippen molar-refractivity contribution >= 4 is 23.1 Å². The topological polar surface area (TPSA) is 85.4 Å². The molecule has 0 saturated heterocycles. The maximum atomic E-state index is 12.4. The lowest BCUT2D eigenvalue weighted by Gasteiger charge is -2.11. The minimum atomic E-state index is -0.359. The quantitative estimate of drug-likeness (QED) is 0.662. The summed E-state index contributed by atoms with van der Waals surface area (Å²) >= 11 is 0. The van der Waals surface area contributed by atoms with Gasteiger partial charge in [-0.2, -0.15) is 0 Å². The Morgan fingerprint density at radius 1 is 1.04 bits per heavy atom. The third-order valence-electron chi connectivity index (χ3n) is 3.67. The molecule has 0 aliphatic carbocycles. The zero-order chi connectivity index (χ0) is 19.1. The Morgan fingerprint density at radius 3 is 2.63 bits per heavy atom. The molecule has 0 aliphatic heterocycles. The summed E-state index contributed by atoms with van der Waals surface area (Å²) in [5.41, 5.74) is 1.61. The smallest absolute Gasteiger partial charge is 0.276 e. The van der Waals surface area contributed by atoms with Crippen LogP contribution in [0.4, 0.5) is 17.2 Å². The van der Waals surface area contributed by atoms with Gasteiger partial charge in [0.05, 0.1) is 19.4 Å². The Balaban J connectivity index is 1.68. The first-order chi connectivity index (χ1) is 13.2. The number of ether oxygens (including phenoxy) is 2. The molecule has 2 N–H and O–H groups in total. The lowest BCUT2D eigenvalue weighted by Crippen LogP contribution is -2.15. The number of benzene rings is 2. The van der Waals surface area contributed by atoms with E-state index in [-0.39, 0.29) is 11.6 Å². The summed E-state index contributed by atoms with van der Waals surface area (Å²) in [6, 6.07) is 18.0. The van der Waals surface area contributed by atoms with Crippen LogP contribution in [0.25, 0.3) is 0 Å². The highest BCUT2D eigenvalue weighted by Gasteiger charge is 2.11. The van der Waals surface area contributed by atoms with Crippen LogP contribution in [-0.4, -0.2) is 29.8 Å². The number of amides is 1. The average molecular weight is 364 g/mol. The second kappa shape index (κ2) is 8.66. The first-order valence-corrected chi connectivity index (χ1v) is 8.47. The van der Waals surface area contributed by atoms with Gasteiger partial charge in [0.25, 0.3) is 5.91 Å². The Morgan fingerprint density at radius 2 is 1.89 bits per heavy atom. The molecule has 1 amide bonds. The van der Waals surface area contributed by atoms with Crippen molar-refractivity contribution in [3.63, 3.8) is 0 Å². The van der Waals surface area contributed by atoms with Crippen molar-refractivity contribution < 1.29 is 14.3 Å². The summed E-state index contributed by atoms with van der Waals surface area (Å²) in [6.07, 6.45) is 0. The van der Waals surface area contributed by atoms with Crippen molar-refractivity contribution in [3.8, 4) is 11.5 Å². The number of carbonyl (C=O) groups excluding carboxylic acids is 1. The van der Waals surface area contributed by atoms with Crippen molar-refractivity contribution in [1.29, 1.82) is 0 Å². The Hall–Kier alpha value is -3.61. The number of carbonyl (C=O) groups is 1. The summed E-state index contributed by atoms with van der Waals surface area (Å²) in [5, 5.41) is 14.0. The van der Waals surface area contributed by atoms with Crippen LogP contribution in [0.1, 0.15) is 17.4 Å². The number of hydrogen-bond acceptors (Lipinski definition) is 6. The molecule has 1 heterocycles. The highest BCUT2D eigenvalue weighted by molar-refractivity contribution is 6.03. The lowest BCUT2D eigenvalue weighted by molar-refractivity contribution is 0.102. The van der Waals surface area contributed by atoms with E-state index < -0.39 is 0 Å². The molecule has 0 unspecified atom stereocenters. The number of aromatic nitrogens is 2. The summed E-state index contributed by atoms with van der Waals surface area (Å²) in [7, 11) is 1.61. The number of rotatable bonds is 7. The molecule has 0 saturated carbocycles. The zero-order valence-corrected chi connectivity index (χ0v) is 15.1. The summed E-state index contributed by atoms with van der Waals surface area (Å²) < 4.78 is 10.7. The molecule has 0 radical (unpaired) electrons. The van der Waals surface area contributed by atoms with Gasteiger partial charge in [-0.05, 0) is 43.3 Å². The third kappa shape index (κ3) is 4.72. The fraction of sp³-hybridized carbons (Fsp3) is 0.150. The van der Waals surface area contributed by atoms with Crippen LogP contribution in [0.15, 0.2) is 60.7 Å². The number of hydrogen-bond donors (Lipinski definition) is 2. The normalized spacial score (nSPS) is 10.1. The van der Waals surface area contributed by atoms with Crippen molar-refractivity contribution in [1.82, 2.24) is 10.2 Å². The van der Waals surface area contributed by atoms with Gasteiger partial charge >= 0.3 is 0 Å². The fourth-order valence-corrected chi connectivity index (χ4v) is 2.41. The Labute approximate surface area is 157 Å². The maximum absolute atomic E-state index is 12.4. The van der Waals surface area contributed by atoms with Crippen LogP contribution in [-0.2, 0) is 0 Å². The van der Waals surface area contributed by atoms with Gasteiger partial charge in [-0.15, -0.1) is 10.2 Å². The molecule has 3 rings (SSSR count). The number of para-hydroxylation sites is 2. The standard InChI is InChI=1S/C20H20N4O3/c1-3-27-18-10-5-4-9-16(18)22-20(25)17-11-12-19(24-23-17)21-14-7-6-8-15(13-14)26-2/h4-13H,3H2,1-2H3,(H,21,24)(H,22,25). The molecule has 0 aliphatic rings. The minimum Gasteiger partial charge on any atom is -0.497 e. The van der Waals surface area contributed by atoms with E-state index in [2.05, 4.69) is 20.8 Å². The number of nitrogens with one attached hydrogen (secondary N) is 2. The molecular weight excluding hydrogens is 344 g/mol. The predicted molar refractivity (Wildman–Crippen MR) is 104 cm³/mol. The minimum absolute atomic E-state index is 0.206. The maximum Gasteiger partial charge on any atom is 0.276 e. The van der Waals surface area contributed by atoms with E-state index >= 15 is 0 Å². The molecule has 2 aromatic carbocycles. The van der Waals surface area contributed by atoms with E-state index in [1.807, 2.05) is 43.3 Å². The number of methoxy groups -OCH3 is 1. The van der Waals surface area contributed by atoms with E-state index in [4.69, 9.17) is 9.47 Å². The average Bonchev–Trinajstić information content (AvgIpc) is 2.70. The molecule has 1 aromatic heterocycles. The van der Waals surface area contributed by atoms with E-state index in [0.29, 0.717) is 23.9 Å². The van der Waals surface area contributed by atoms with Crippen LogP contribution in [0.5, 0.6) is 11.5 Å². The van der Waals surface area contributed by atoms with E-state index in [0.717, 1.165) is 11.4 Å². The van der Waals surface area contributed by atoms with Crippen molar-refractivity contribution in [2.45, 2.75) is 6.92 Å². The molecule has 0 bridgehead atoms. The molecule has 3 aromatic rings. The van der Waals surface area contributed by atoms with Crippen molar-refractivity contribution in [2.24, 2.45) is 0 Å². The third-order valence-corrected chi connectivity index (χ3v) is 3.67. The highest BCUT2D eigenvalue weighted by atomic mass is 16.5. The molecule has 138 valence electrons. The molecule has 0 fully saturated rings. The number of anilines is 3. The molecule has 7 heteroatoms. The van der Waals surface area contributed by atoms with E-state index in [1.54, 1.807) is 31.4 Å². The van der Waals surface area contributed by atoms with Gasteiger partial charge in [0.2, 0.25) is 0 Å². The highest BCUT2D eigenvalue weighted by Crippen LogP contribution is 2.24. The Bertz CT molecular complexity index is 913. The van der Waals surface area contributed by atoms with Crippen LogP contribution in [0.3, 0.4) is 0 Å². The van der Waals surface area contributed by atoms with Crippen molar-refractivity contribution in [2.75, 3.05) is 24.4 Å². The van der Waals surface area contributed by atoms with Gasteiger partial charge in [-0.1, -0.05) is 18.2 Å². The van der Waals surface area contributed by atoms with E-state index in [1.165, 1.54) is 0 Å². The molecule has 0 atom stereocenters. The SMILES string of the molecule is CCOc1ccccc1NC(=O)c1ccc(Nc2cccc(OC)c2)nn1. The van der Waals surface area contributed by atoms with Gasteiger partial charge in [0.15, 0.2) is 11.5 Å². The first kappa shape index (κ1) is 18.2. The van der Waals surface area contributed by atoms with Gasteiger partial charge in [-0.3, -0.25) is 4.79 Å². The predicted octanol–water partition coefficient (Wildman–Crippen LogP) is 3.88. The van der Waals surface area contributed by atoms with Crippen LogP contribution >= 0.6 is 0 Å². The Kier molecular flexibility index (Phi) is 5.84. The number of nitrogens with zero attached hydrogens (tertiary/aromatic N) is 2. The van der Waals surface area contributed by atoms with Crippen LogP contribution in [0, 0.1) is 0 Å². The molecule has 7 nitrogen and oxygen atoms in total. The van der Waals surface area contributed by atoms with E-state index in [9.17, 15) is 4.79 Å². The van der Waals surface area contributed by atoms with Gasteiger partial charge in [0.1, 0.15) is 11.5 Å². The molecular formula is C20H20N4O3.